The second-order valence-electron chi connectivity index (χ2n) is 7.03. The SMILES string of the molecule is O=C(O)c1ccc(CCC[C@@H]2[C@@H](COc3cc(F)cc(F)c3)[C@H](O)C[C@H]2Cl)s1. The highest BCUT2D eigenvalue weighted by Crippen LogP contribution is 2.39. The Bertz CT molecular complexity index is 808. The number of alkyl halides is 1. The molecule has 1 aliphatic rings. The normalized spacial score (nSPS) is 24.4. The van der Waals surface area contributed by atoms with Crippen LogP contribution in [0.15, 0.2) is 30.3 Å². The van der Waals surface area contributed by atoms with Crippen LogP contribution in [-0.2, 0) is 6.42 Å². The van der Waals surface area contributed by atoms with Gasteiger partial charge in [-0.1, -0.05) is 0 Å². The number of ether oxygens (including phenoxy) is 1. The fourth-order valence-corrected chi connectivity index (χ4v) is 5.09. The average molecular weight is 431 g/mol. The molecule has 0 aliphatic heterocycles. The Kier molecular flexibility index (Phi) is 6.91. The number of carboxylic acid groups (broad SMARTS) is 1. The number of aryl methyl sites for hydroxylation is 1. The van der Waals surface area contributed by atoms with Crippen molar-refractivity contribution in [3.63, 3.8) is 0 Å². The standard InChI is InChI=1S/C20H21ClF2O4S/c21-17-9-18(24)16(10-27-13-7-11(22)6-12(23)8-13)15(17)3-1-2-14-4-5-19(28-14)20(25)26/h4-8,15-18,24H,1-3,9-10H2,(H,25,26)/t15-,16-,17-,18-/m1/s1. The van der Waals surface area contributed by atoms with Crippen molar-refractivity contribution >= 4 is 28.9 Å². The van der Waals surface area contributed by atoms with Crippen molar-refractivity contribution in [3.05, 3.63) is 51.7 Å². The lowest BCUT2D eigenvalue weighted by atomic mass is 9.90. The molecule has 28 heavy (non-hydrogen) atoms. The molecule has 4 nitrogen and oxygen atoms in total. The largest absolute Gasteiger partial charge is 0.493 e. The minimum absolute atomic E-state index is 0.00831. The Hall–Kier alpha value is -1.70. The minimum Gasteiger partial charge on any atom is -0.493 e. The third-order valence-corrected chi connectivity index (χ3v) is 6.72. The van der Waals surface area contributed by atoms with Gasteiger partial charge >= 0.3 is 5.97 Å². The molecule has 152 valence electrons. The number of hydrogen-bond donors (Lipinski definition) is 2. The fraction of sp³-hybridized carbons (Fsp3) is 0.450. The van der Waals surface area contributed by atoms with Crippen LogP contribution in [0.1, 0.15) is 33.8 Å². The van der Waals surface area contributed by atoms with Gasteiger partial charge < -0.3 is 14.9 Å². The molecule has 0 unspecified atom stereocenters. The Labute approximate surface area is 170 Å². The monoisotopic (exact) mass is 430 g/mol. The maximum atomic E-state index is 13.3. The van der Waals surface area contributed by atoms with Gasteiger partial charge in [-0.15, -0.1) is 22.9 Å². The maximum absolute atomic E-state index is 13.3. The van der Waals surface area contributed by atoms with Crippen molar-refractivity contribution in [2.75, 3.05) is 6.61 Å². The van der Waals surface area contributed by atoms with Crippen molar-refractivity contribution in [2.24, 2.45) is 11.8 Å². The molecule has 0 saturated heterocycles. The van der Waals surface area contributed by atoms with Gasteiger partial charge in [-0.25, -0.2) is 13.6 Å². The Morgan fingerprint density at radius 1 is 1.21 bits per heavy atom. The van der Waals surface area contributed by atoms with Crippen molar-refractivity contribution in [3.8, 4) is 5.75 Å². The molecule has 0 radical (unpaired) electrons. The first-order chi connectivity index (χ1) is 13.3. The van der Waals surface area contributed by atoms with E-state index in [9.17, 15) is 18.7 Å². The molecular formula is C20H21ClF2O4S. The summed E-state index contributed by atoms with van der Waals surface area (Å²) in [5.74, 6) is -2.50. The van der Waals surface area contributed by atoms with E-state index in [1.165, 1.54) is 11.3 Å². The van der Waals surface area contributed by atoms with E-state index in [0.29, 0.717) is 11.3 Å². The summed E-state index contributed by atoms with van der Waals surface area (Å²) in [6.45, 7) is 0.125. The molecule has 8 heteroatoms. The lowest BCUT2D eigenvalue weighted by molar-refractivity contribution is 0.0701. The summed E-state index contributed by atoms with van der Waals surface area (Å²) in [4.78, 5) is 12.3. The number of hydrogen-bond acceptors (Lipinski definition) is 4. The van der Waals surface area contributed by atoms with Gasteiger partial charge in [0.25, 0.3) is 0 Å². The second kappa shape index (κ2) is 9.20. The molecule has 1 fully saturated rings. The summed E-state index contributed by atoms with van der Waals surface area (Å²) in [6.07, 6.45) is 2.09. The summed E-state index contributed by atoms with van der Waals surface area (Å²) in [7, 11) is 0. The molecule has 2 aromatic rings. The topological polar surface area (TPSA) is 66.8 Å². The van der Waals surface area contributed by atoms with Gasteiger partial charge in [-0.05, 0) is 43.7 Å². The molecule has 1 aromatic heterocycles. The van der Waals surface area contributed by atoms with E-state index in [1.807, 2.05) is 6.07 Å². The minimum atomic E-state index is -0.929. The Morgan fingerprint density at radius 2 is 1.93 bits per heavy atom. The third kappa shape index (κ3) is 5.21. The number of halogens is 3. The first-order valence-corrected chi connectivity index (χ1v) is 10.3. The van der Waals surface area contributed by atoms with Crippen LogP contribution in [0.3, 0.4) is 0 Å². The molecule has 0 amide bonds. The zero-order valence-corrected chi connectivity index (χ0v) is 16.6. The lowest BCUT2D eigenvalue weighted by Crippen LogP contribution is -2.27. The van der Waals surface area contributed by atoms with Crippen LogP contribution in [0.25, 0.3) is 0 Å². The van der Waals surface area contributed by atoms with Crippen LogP contribution in [0.4, 0.5) is 8.78 Å². The van der Waals surface area contributed by atoms with Crippen LogP contribution < -0.4 is 4.74 Å². The number of carbonyl (C=O) groups is 1. The van der Waals surface area contributed by atoms with E-state index in [0.717, 1.165) is 42.3 Å². The van der Waals surface area contributed by atoms with Crippen LogP contribution in [0.5, 0.6) is 5.75 Å². The summed E-state index contributed by atoms with van der Waals surface area (Å²) in [6, 6.07) is 6.40. The highest BCUT2D eigenvalue weighted by Gasteiger charge is 2.41. The van der Waals surface area contributed by atoms with Crippen molar-refractivity contribution < 1.29 is 28.5 Å². The number of aromatic carboxylic acids is 1. The van der Waals surface area contributed by atoms with Crippen molar-refractivity contribution in [1.29, 1.82) is 0 Å². The molecule has 1 saturated carbocycles. The van der Waals surface area contributed by atoms with Crippen molar-refractivity contribution in [2.45, 2.75) is 37.2 Å². The first kappa shape index (κ1) is 21.0. The van der Waals surface area contributed by atoms with Gasteiger partial charge in [0.2, 0.25) is 0 Å². The van der Waals surface area contributed by atoms with Crippen LogP contribution in [0.2, 0.25) is 0 Å². The second-order valence-corrected chi connectivity index (χ2v) is 8.76. The predicted molar refractivity (Wildman–Crippen MR) is 103 cm³/mol. The van der Waals surface area contributed by atoms with Gasteiger partial charge in [0, 0.05) is 34.4 Å². The van der Waals surface area contributed by atoms with Crippen LogP contribution in [-0.4, -0.2) is 34.3 Å². The molecule has 0 bridgehead atoms. The number of aliphatic hydroxyl groups excluding tert-OH is 1. The van der Waals surface area contributed by atoms with E-state index in [4.69, 9.17) is 21.4 Å². The van der Waals surface area contributed by atoms with E-state index in [1.54, 1.807) is 6.07 Å². The Balaban J connectivity index is 1.56. The zero-order chi connectivity index (χ0) is 20.3. The smallest absolute Gasteiger partial charge is 0.345 e. The Morgan fingerprint density at radius 3 is 2.57 bits per heavy atom. The number of benzene rings is 1. The number of thiophene rings is 1. The van der Waals surface area contributed by atoms with E-state index in [-0.39, 0.29) is 29.6 Å². The van der Waals surface area contributed by atoms with Gasteiger partial charge in [0.05, 0.1) is 12.7 Å². The summed E-state index contributed by atoms with van der Waals surface area (Å²) in [5.41, 5.74) is 0. The van der Waals surface area contributed by atoms with Crippen molar-refractivity contribution in [1.82, 2.24) is 0 Å². The summed E-state index contributed by atoms with van der Waals surface area (Å²) < 4.78 is 32.1. The molecule has 1 aromatic carbocycles. The average Bonchev–Trinajstić information content (AvgIpc) is 3.18. The van der Waals surface area contributed by atoms with E-state index in [2.05, 4.69) is 0 Å². The van der Waals surface area contributed by atoms with Gasteiger partial charge in [0.1, 0.15) is 22.3 Å². The van der Waals surface area contributed by atoms with Gasteiger partial charge in [-0.2, -0.15) is 0 Å². The molecule has 0 spiro atoms. The molecule has 3 rings (SSSR count). The lowest BCUT2D eigenvalue weighted by Gasteiger charge is -2.23. The van der Waals surface area contributed by atoms with Gasteiger partial charge in [-0.3, -0.25) is 0 Å². The molecular weight excluding hydrogens is 410 g/mol. The summed E-state index contributed by atoms with van der Waals surface area (Å²) in [5, 5.41) is 19.1. The first-order valence-electron chi connectivity index (χ1n) is 9.06. The quantitative estimate of drug-likeness (QED) is 0.594. The number of carboxylic acids is 1. The predicted octanol–water partition coefficient (Wildman–Crippen LogP) is 4.73. The van der Waals surface area contributed by atoms with Gasteiger partial charge in [0.15, 0.2) is 0 Å². The van der Waals surface area contributed by atoms with Crippen LogP contribution >= 0.6 is 22.9 Å². The molecule has 1 aliphatic carbocycles. The number of aliphatic hydroxyl groups is 1. The maximum Gasteiger partial charge on any atom is 0.345 e. The summed E-state index contributed by atoms with van der Waals surface area (Å²) >= 11 is 7.67. The highest BCUT2D eigenvalue weighted by molar-refractivity contribution is 7.13. The highest BCUT2D eigenvalue weighted by atomic mass is 35.5. The van der Waals surface area contributed by atoms with E-state index >= 15 is 0 Å². The molecule has 2 N–H and O–H groups in total. The fourth-order valence-electron chi connectivity index (χ4n) is 3.71. The third-order valence-electron chi connectivity index (χ3n) is 5.09. The van der Waals surface area contributed by atoms with Crippen LogP contribution in [0, 0.1) is 23.5 Å². The molecule has 1 heterocycles. The zero-order valence-electron chi connectivity index (χ0n) is 15.0. The van der Waals surface area contributed by atoms with E-state index < -0.39 is 23.7 Å². The molecule has 4 atom stereocenters. The number of rotatable bonds is 8.